The highest BCUT2D eigenvalue weighted by Crippen LogP contribution is 2.29. The van der Waals surface area contributed by atoms with Gasteiger partial charge in [-0.25, -0.2) is 4.98 Å². The monoisotopic (exact) mass is 383 g/mol. The minimum atomic E-state index is -0.106. The average molecular weight is 384 g/mol. The van der Waals surface area contributed by atoms with Crippen LogP contribution in [0.25, 0.3) is 16.6 Å². The van der Waals surface area contributed by atoms with Gasteiger partial charge in [-0.2, -0.15) is 0 Å². The quantitative estimate of drug-likeness (QED) is 0.539. The average Bonchev–Trinajstić information content (AvgIpc) is 3.22. The zero-order chi connectivity index (χ0) is 18.3. The van der Waals surface area contributed by atoms with Gasteiger partial charge in [-0.3, -0.25) is 9.20 Å². The molecule has 0 saturated carbocycles. The molecule has 0 radical (unpaired) electrons. The number of rotatable bonds is 4. The predicted octanol–water partition coefficient (Wildman–Crippen LogP) is 4.00. The van der Waals surface area contributed by atoms with E-state index in [0.717, 1.165) is 11.2 Å². The minimum absolute atomic E-state index is 0.106. The number of pyridine rings is 1. The molecule has 4 rings (SSSR count). The van der Waals surface area contributed by atoms with Crippen molar-refractivity contribution in [3.63, 3.8) is 0 Å². The molecule has 0 unspecified atom stereocenters. The van der Waals surface area contributed by atoms with E-state index in [2.05, 4.69) is 53.4 Å². The van der Waals surface area contributed by atoms with Crippen LogP contribution in [-0.2, 0) is 4.79 Å². The Morgan fingerprint density at radius 1 is 1.19 bits per heavy atom. The van der Waals surface area contributed by atoms with Gasteiger partial charge in [-0.1, -0.05) is 23.4 Å². The van der Waals surface area contributed by atoms with Gasteiger partial charge in [0.05, 0.1) is 11.3 Å². The molecule has 26 heavy (non-hydrogen) atoms. The molecule has 3 heterocycles. The molecule has 1 aromatic carbocycles. The molecule has 1 amide bonds. The standard InChI is InChI=1S/C18H17N5OS2/c1-10-6-12(3)16-13(7-10)11(2)8-14-21-22-18(23(14)16)26-9-15(24)20-17-19-4-5-25-17/h4-8H,9H2,1-3H3,(H,19,20,24). The smallest absolute Gasteiger partial charge is 0.236 e. The number of thioether (sulfide) groups is 1. The van der Waals surface area contributed by atoms with Crippen LogP contribution in [0.5, 0.6) is 0 Å². The SMILES string of the molecule is Cc1cc(C)c2c(c1)c(C)cc1nnc(SCC(=O)Nc3nccs3)n12. The summed E-state index contributed by atoms with van der Waals surface area (Å²) in [5.41, 5.74) is 5.46. The van der Waals surface area contributed by atoms with E-state index in [1.54, 1.807) is 6.20 Å². The number of benzene rings is 1. The molecule has 0 aliphatic carbocycles. The van der Waals surface area contributed by atoms with Crippen molar-refractivity contribution in [2.45, 2.75) is 25.9 Å². The second kappa shape index (κ2) is 6.69. The fraction of sp³-hybridized carbons (Fsp3) is 0.222. The van der Waals surface area contributed by atoms with Crippen molar-refractivity contribution >= 4 is 50.7 Å². The molecular weight excluding hydrogens is 366 g/mol. The molecule has 1 N–H and O–H groups in total. The van der Waals surface area contributed by atoms with E-state index in [9.17, 15) is 4.79 Å². The Hall–Kier alpha value is -2.45. The van der Waals surface area contributed by atoms with Crippen molar-refractivity contribution in [3.8, 4) is 0 Å². The first-order chi connectivity index (χ1) is 12.5. The van der Waals surface area contributed by atoms with Gasteiger partial charge >= 0.3 is 0 Å². The number of amides is 1. The van der Waals surface area contributed by atoms with E-state index in [0.29, 0.717) is 10.3 Å². The lowest BCUT2D eigenvalue weighted by atomic mass is 10.0. The van der Waals surface area contributed by atoms with Gasteiger partial charge in [-0.15, -0.1) is 21.5 Å². The Morgan fingerprint density at radius 2 is 2.04 bits per heavy atom. The third-order valence-electron chi connectivity index (χ3n) is 4.11. The fourth-order valence-corrected chi connectivity index (χ4v) is 4.37. The Labute approximate surface area is 158 Å². The van der Waals surface area contributed by atoms with Crippen LogP contribution in [0.3, 0.4) is 0 Å². The zero-order valence-corrected chi connectivity index (χ0v) is 16.2. The van der Waals surface area contributed by atoms with Gasteiger partial charge in [0.25, 0.3) is 0 Å². The number of hydrogen-bond acceptors (Lipinski definition) is 6. The summed E-state index contributed by atoms with van der Waals surface area (Å²) in [7, 11) is 0. The van der Waals surface area contributed by atoms with E-state index < -0.39 is 0 Å². The van der Waals surface area contributed by atoms with Gasteiger partial charge in [0.15, 0.2) is 15.9 Å². The summed E-state index contributed by atoms with van der Waals surface area (Å²) in [6, 6.07) is 6.37. The summed E-state index contributed by atoms with van der Waals surface area (Å²) in [4.78, 5) is 16.2. The summed E-state index contributed by atoms with van der Waals surface area (Å²) >= 11 is 2.77. The molecule has 4 aromatic rings. The van der Waals surface area contributed by atoms with Crippen LogP contribution in [0.2, 0.25) is 0 Å². The number of carbonyl (C=O) groups is 1. The second-order valence-electron chi connectivity index (χ2n) is 6.16. The van der Waals surface area contributed by atoms with E-state index in [-0.39, 0.29) is 11.7 Å². The molecule has 6 nitrogen and oxygen atoms in total. The maximum atomic E-state index is 12.1. The second-order valence-corrected chi connectivity index (χ2v) is 7.99. The molecule has 0 aliphatic rings. The largest absolute Gasteiger partial charge is 0.301 e. The van der Waals surface area contributed by atoms with Crippen LogP contribution in [0.1, 0.15) is 16.7 Å². The maximum Gasteiger partial charge on any atom is 0.236 e. The molecule has 0 bridgehead atoms. The molecule has 3 aromatic heterocycles. The van der Waals surface area contributed by atoms with Gasteiger partial charge in [0.1, 0.15) is 0 Å². The number of aromatic nitrogens is 4. The summed E-state index contributed by atoms with van der Waals surface area (Å²) in [5, 5.41) is 15.7. The highest BCUT2D eigenvalue weighted by molar-refractivity contribution is 7.99. The normalized spacial score (nSPS) is 11.3. The zero-order valence-electron chi connectivity index (χ0n) is 14.6. The van der Waals surface area contributed by atoms with Crippen LogP contribution < -0.4 is 5.32 Å². The topological polar surface area (TPSA) is 72.2 Å². The van der Waals surface area contributed by atoms with Crippen LogP contribution in [-0.4, -0.2) is 31.2 Å². The molecule has 0 fully saturated rings. The number of hydrogen-bond donors (Lipinski definition) is 1. The predicted molar refractivity (Wildman–Crippen MR) is 106 cm³/mol. The van der Waals surface area contributed by atoms with Crippen LogP contribution >= 0.6 is 23.1 Å². The van der Waals surface area contributed by atoms with Crippen molar-refractivity contribution in [2.24, 2.45) is 0 Å². The number of anilines is 1. The molecule has 0 spiro atoms. The first-order valence-corrected chi connectivity index (χ1v) is 9.97. The third kappa shape index (κ3) is 3.06. The summed E-state index contributed by atoms with van der Waals surface area (Å²) in [5.74, 6) is 0.145. The third-order valence-corrected chi connectivity index (χ3v) is 5.73. The molecule has 8 heteroatoms. The summed E-state index contributed by atoms with van der Waals surface area (Å²) in [6.45, 7) is 6.28. The van der Waals surface area contributed by atoms with Gasteiger partial charge in [0.2, 0.25) is 5.91 Å². The maximum absolute atomic E-state index is 12.1. The molecule has 0 aliphatic heterocycles. The lowest BCUT2D eigenvalue weighted by molar-refractivity contribution is -0.113. The summed E-state index contributed by atoms with van der Waals surface area (Å²) < 4.78 is 2.04. The van der Waals surface area contributed by atoms with Crippen LogP contribution in [0, 0.1) is 20.8 Å². The molecule has 132 valence electrons. The van der Waals surface area contributed by atoms with E-state index in [1.807, 2.05) is 15.8 Å². The van der Waals surface area contributed by atoms with Crippen LogP contribution in [0.15, 0.2) is 34.9 Å². The minimum Gasteiger partial charge on any atom is -0.301 e. The van der Waals surface area contributed by atoms with E-state index >= 15 is 0 Å². The van der Waals surface area contributed by atoms with Crippen LogP contribution in [0.4, 0.5) is 5.13 Å². The van der Waals surface area contributed by atoms with Crippen molar-refractivity contribution in [3.05, 3.63) is 46.5 Å². The number of aryl methyl sites for hydroxylation is 3. The number of carbonyl (C=O) groups excluding carboxylic acids is 1. The fourth-order valence-electron chi connectivity index (χ4n) is 3.08. The van der Waals surface area contributed by atoms with E-state index in [4.69, 9.17) is 0 Å². The first kappa shape index (κ1) is 17.0. The first-order valence-electron chi connectivity index (χ1n) is 8.11. The Kier molecular flexibility index (Phi) is 4.37. The van der Waals surface area contributed by atoms with Crippen molar-refractivity contribution < 1.29 is 4.79 Å². The summed E-state index contributed by atoms with van der Waals surface area (Å²) in [6.07, 6.45) is 1.67. The van der Waals surface area contributed by atoms with Crippen molar-refractivity contribution in [1.29, 1.82) is 0 Å². The van der Waals surface area contributed by atoms with Gasteiger partial charge < -0.3 is 5.32 Å². The Balaban J connectivity index is 1.70. The lowest BCUT2D eigenvalue weighted by Gasteiger charge is -2.11. The Bertz CT molecular complexity index is 1120. The molecular formula is C18H17N5OS2. The van der Waals surface area contributed by atoms with Crippen molar-refractivity contribution in [2.75, 3.05) is 11.1 Å². The number of thiazole rings is 1. The molecule has 0 atom stereocenters. The highest BCUT2D eigenvalue weighted by Gasteiger charge is 2.15. The molecule has 0 saturated heterocycles. The Morgan fingerprint density at radius 3 is 2.81 bits per heavy atom. The number of fused-ring (bicyclic) bond motifs is 3. The lowest BCUT2D eigenvalue weighted by Crippen LogP contribution is -2.14. The van der Waals surface area contributed by atoms with E-state index in [1.165, 1.54) is 45.2 Å². The van der Waals surface area contributed by atoms with Gasteiger partial charge in [-0.05, 0) is 44.0 Å². The highest BCUT2D eigenvalue weighted by atomic mass is 32.2. The number of nitrogens with one attached hydrogen (secondary N) is 1. The number of nitrogens with zero attached hydrogens (tertiary/aromatic N) is 4. The van der Waals surface area contributed by atoms with Crippen molar-refractivity contribution in [1.82, 2.24) is 19.6 Å². The van der Waals surface area contributed by atoms with Gasteiger partial charge in [0, 0.05) is 17.0 Å².